The molecular weight excluding hydrogens is 352 g/mol. The monoisotopic (exact) mass is 376 g/mol. The molecule has 0 unspecified atom stereocenters. The van der Waals surface area contributed by atoms with Gasteiger partial charge >= 0.3 is 5.97 Å². The summed E-state index contributed by atoms with van der Waals surface area (Å²) in [7, 11) is -1.91. The molecule has 0 atom stereocenters. The standard InChI is InChI=1S/C19H24N2O4S/c1-25-19(22)17-12-18(15-8-10-16(11-9-15)26(2,23)24)21(20-17)13-14-6-4-3-5-7-14/h8-12,14H,3-7,13H2,1-2H3. The van der Waals surface area contributed by atoms with E-state index in [9.17, 15) is 13.2 Å². The first-order valence-electron chi connectivity index (χ1n) is 8.85. The summed E-state index contributed by atoms with van der Waals surface area (Å²) in [4.78, 5) is 12.2. The van der Waals surface area contributed by atoms with Crippen LogP contribution in [0.3, 0.4) is 0 Å². The van der Waals surface area contributed by atoms with Crippen molar-refractivity contribution in [2.45, 2.75) is 43.5 Å². The molecule has 140 valence electrons. The molecule has 3 rings (SSSR count). The van der Waals surface area contributed by atoms with E-state index in [1.165, 1.54) is 45.5 Å². The van der Waals surface area contributed by atoms with Gasteiger partial charge in [0.2, 0.25) is 0 Å². The summed E-state index contributed by atoms with van der Waals surface area (Å²) < 4.78 is 30.0. The molecule has 0 spiro atoms. The number of esters is 1. The summed E-state index contributed by atoms with van der Waals surface area (Å²) in [5.74, 6) is 0.0737. The van der Waals surface area contributed by atoms with Gasteiger partial charge in [-0.15, -0.1) is 0 Å². The summed E-state index contributed by atoms with van der Waals surface area (Å²) in [6.07, 6.45) is 7.26. The minimum Gasteiger partial charge on any atom is -0.464 e. The first kappa shape index (κ1) is 18.6. The first-order chi connectivity index (χ1) is 12.4. The Hall–Kier alpha value is -2.15. The van der Waals surface area contributed by atoms with Crippen LogP contribution in [0.15, 0.2) is 35.2 Å². The molecule has 0 saturated heterocycles. The van der Waals surface area contributed by atoms with Crippen molar-refractivity contribution < 1.29 is 17.9 Å². The first-order valence-corrected chi connectivity index (χ1v) is 10.7. The maximum absolute atomic E-state index is 11.9. The summed E-state index contributed by atoms with van der Waals surface area (Å²) in [5, 5.41) is 4.45. The van der Waals surface area contributed by atoms with Gasteiger partial charge in [-0.05, 0) is 42.5 Å². The molecule has 0 amide bonds. The number of hydrogen-bond donors (Lipinski definition) is 0. The molecule has 1 aliphatic carbocycles. The molecule has 1 heterocycles. The maximum atomic E-state index is 11.9. The lowest BCUT2D eigenvalue weighted by atomic mass is 9.89. The number of sulfone groups is 1. The molecule has 1 fully saturated rings. The summed E-state index contributed by atoms with van der Waals surface area (Å²) in [6, 6.07) is 8.39. The number of rotatable bonds is 5. The Bertz CT molecular complexity index is 879. The van der Waals surface area contributed by atoms with E-state index in [1.54, 1.807) is 30.3 Å². The van der Waals surface area contributed by atoms with Crippen molar-refractivity contribution in [2.24, 2.45) is 5.92 Å². The van der Waals surface area contributed by atoms with Gasteiger partial charge in [-0.25, -0.2) is 13.2 Å². The van der Waals surface area contributed by atoms with Crippen molar-refractivity contribution >= 4 is 15.8 Å². The highest BCUT2D eigenvalue weighted by atomic mass is 32.2. The molecule has 0 N–H and O–H groups in total. The SMILES string of the molecule is COC(=O)c1cc(-c2ccc(S(C)(=O)=O)cc2)n(CC2CCCCC2)n1. The Morgan fingerprint density at radius 2 is 1.85 bits per heavy atom. The Labute approximate surface area is 154 Å². The van der Waals surface area contributed by atoms with Crippen LogP contribution in [-0.2, 0) is 21.1 Å². The number of hydrogen-bond acceptors (Lipinski definition) is 5. The molecule has 2 aromatic rings. The third kappa shape index (κ3) is 4.15. The highest BCUT2D eigenvalue weighted by molar-refractivity contribution is 7.90. The number of methoxy groups -OCH3 is 1. The molecule has 1 saturated carbocycles. The van der Waals surface area contributed by atoms with Crippen LogP contribution >= 0.6 is 0 Å². The third-order valence-corrected chi connectivity index (χ3v) is 6.04. The zero-order valence-corrected chi connectivity index (χ0v) is 16.0. The lowest BCUT2D eigenvalue weighted by Gasteiger charge is -2.22. The number of nitrogens with zero attached hydrogens (tertiary/aromatic N) is 2. The van der Waals surface area contributed by atoms with Crippen LogP contribution in [0.4, 0.5) is 0 Å². The number of ether oxygens (including phenoxy) is 1. The Morgan fingerprint density at radius 3 is 2.42 bits per heavy atom. The van der Waals surface area contributed by atoms with Gasteiger partial charge in [0.25, 0.3) is 0 Å². The predicted octanol–water partition coefficient (Wildman–Crippen LogP) is 3.32. The second-order valence-corrected chi connectivity index (χ2v) is 8.90. The molecule has 1 aromatic carbocycles. The minimum atomic E-state index is -3.24. The quantitative estimate of drug-likeness (QED) is 0.748. The van der Waals surface area contributed by atoms with Crippen LogP contribution in [0, 0.1) is 5.92 Å². The lowest BCUT2D eigenvalue weighted by Crippen LogP contribution is -2.16. The van der Waals surface area contributed by atoms with Crippen molar-refractivity contribution in [3.63, 3.8) is 0 Å². The highest BCUT2D eigenvalue weighted by Crippen LogP contribution is 2.28. The van der Waals surface area contributed by atoms with Crippen LogP contribution in [0.5, 0.6) is 0 Å². The van der Waals surface area contributed by atoms with Crippen LogP contribution in [0.25, 0.3) is 11.3 Å². The Balaban J connectivity index is 1.95. The van der Waals surface area contributed by atoms with Crippen molar-refractivity contribution in [3.8, 4) is 11.3 Å². The third-order valence-electron chi connectivity index (χ3n) is 4.91. The number of carbonyl (C=O) groups excluding carboxylic acids is 1. The van der Waals surface area contributed by atoms with Crippen molar-refractivity contribution in [1.82, 2.24) is 9.78 Å². The molecule has 1 aliphatic rings. The summed E-state index contributed by atoms with van der Waals surface area (Å²) in [6.45, 7) is 0.750. The average molecular weight is 376 g/mol. The van der Waals surface area contributed by atoms with Gasteiger partial charge in [0.05, 0.1) is 17.7 Å². The summed E-state index contributed by atoms with van der Waals surface area (Å²) >= 11 is 0. The topological polar surface area (TPSA) is 78.3 Å². The van der Waals surface area contributed by atoms with Gasteiger partial charge in [-0.3, -0.25) is 4.68 Å². The second kappa shape index (κ2) is 7.61. The van der Waals surface area contributed by atoms with E-state index < -0.39 is 15.8 Å². The van der Waals surface area contributed by atoms with E-state index in [1.807, 2.05) is 4.68 Å². The highest BCUT2D eigenvalue weighted by Gasteiger charge is 2.20. The van der Waals surface area contributed by atoms with Crippen molar-refractivity contribution in [1.29, 1.82) is 0 Å². The van der Waals surface area contributed by atoms with E-state index in [0.717, 1.165) is 17.8 Å². The number of benzene rings is 1. The molecule has 26 heavy (non-hydrogen) atoms. The molecule has 0 aliphatic heterocycles. The molecule has 7 heteroatoms. The fourth-order valence-corrected chi connectivity index (χ4v) is 4.11. The second-order valence-electron chi connectivity index (χ2n) is 6.89. The fraction of sp³-hybridized carbons (Fsp3) is 0.474. The van der Waals surface area contributed by atoms with Crippen LogP contribution in [0.2, 0.25) is 0 Å². The average Bonchev–Trinajstić information content (AvgIpc) is 3.05. The zero-order chi connectivity index (χ0) is 18.7. The largest absolute Gasteiger partial charge is 0.464 e. The van der Waals surface area contributed by atoms with E-state index in [-0.39, 0.29) is 10.6 Å². The Kier molecular flexibility index (Phi) is 5.46. The van der Waals surface area contributed by atoms with Gasteiger partial charge < -0.3 is 4.74 Å². The van der Waals surface area contributed by atoms with E-state index >= 15 is 0 Å². The molecule has 6 nitrogen and oxygen atoms in total. The Morgan fingerprint density at radius 1 is 1.19 bits per heavy atom. The summed E-state index contributed by atoms with van der Waals surface area (Å²) in [5.41, 5.74) is 1.90. The molecule has 0 bridgehead atoms. The minimum absolute atomic E-state index is 0.269. The van der Waals surface area contributed by atoms with Gasteiger partial charge in [0.1, 0.15) is 0 Å². The fourth-order valence-electron chi connectivity index (χ4n) is 3.48. The molecule has 1 aromatic heterocycles. The van der Waals surface area contributed by atoms with Crippen LogP contribution < -0.4 is 0 Å². The van der Waals surface area contributed by atoms with Crippen LogP contribution in [-0.4, -0.2) is 37.5 Å². The van der Waals surface area contributed by atoms with Gasteiger partial charge in [-0.2, -0.15) is 5.10 Å². The maximum Gasteiger partial charge on any atom is 0.358 e. The zero-order valence-electron chi connectivity index (χ0n) is 15.1. The lowest BCUT2D eigenvalue weighted by molar-refractivity contribution is 0.0592. The number of aromatic nitrogens is 2. The van der Waals surface area contributed by atoms with Gasteiger partial charge in [0.15, 0.2) is 15.5 Å². The molecule has 0 radical (unpaired) electrons. The predicted molar refractivity (Wildman–Crippen MR) is 98.7 cm³/mol. The normalized spacial score (nSPS) is 15.8. The van der Waals surface area contributed by atoms with Gasteiger partial charge in [-0.1, -0.05) is 31.4 Å². The smallest absolute Gasteiger partial charge is 0.358 e. The molecular formula is C19H24N2O4S. The number of carbonyl (C=O) groups is 1. The van der Waals surface area contributed by atoms with E-state index in [4.69, 9.17) is 4.74 Å². The van der Waals surface area contributed by atoms with E-state index in [0.29, 0.717) is 5.92 Å². The van der Waals surface area contributed by atoms with E-state index in [2.05, 4.69) is 5.10 Å². The van der Waals surface area contributed by atoms with Crippen LogP contribution in [0.1, 0.15) is 42.6 Å². The van der Waals surface area contributed by atoms with Gasteiger partial charge in [0, 0.05) is 12.8 Å². The van der Waals surface area contributed by atoms with Crippen molar-refractivity contribution in [3.05, 3.63) is 36.0 Å². The van der Waals surface area contributed by atoms with Crippen molar-refractivity contribution in [2.75, 3.05) is 13.4 Å².